The minimum atomic E-state index is -1.37. The number of hydrogen-bond donors (Lipinski definition) is 3. The molecule has 3 N–H and O–H groups in total. The molecule has 0 aromatic carbocycles. The Bertz CT molecular complexity index is 477. The van der Waals surface area contributed by atoms with Crippen LogP contribution < -0.4 is 0 Å². The zero-order valence-electron chi connectivity index (χ0n) is 17.2. The number of carboxylic acids is 2. The number of carbonyl (C=O) groups is 4. The maximum Gasteiger partial charge on any atom is 0.338 e. The van der Waals surface area contributed by atoms with Gasteiger partial charge in [0.2, 0.25) is 0 Å². The molecular weight excluding hydrogens is 380 g/mol. The van der Waals surface area contributed by atoms with Gasteiger partial charge in [0, 0.05) is 30.9 Å². The lowest BCUT2D eigenvalue weighted by Gasteiger charge is -2.01. The number of carboxylic acid groups (broad SMARTS) is 2. The van der Waals surface area contributed by atoms with E-state index in [9.17, 15) is 19.2 Å². The van der Waals surface area contributed by atoms with Crippen LogP contribution in [0.2, 0.25) is 0 Å². The van der Waals surface area contributed by atoms with Crippen molar-refractivity contribution in [1.82, 2.24) is 0 Å². The van der Waals surface area contributed by atoms with Crippen molar-refractivity contribution in [3.8, 4) is 0 Å². The Morgan fingerprint density at radius 2 is 0.966 bits per heavy atom. The first-order valence-electron chi connectivity index (χ1n) is 10.0. The summed E-state index contributed by atoms with van der Waals surface area (Å²) >= 11 is 0. The Morgan fingerprint density at radius 3 is 1.28 bits per heavy atom. The van der Waals surface area contributed by atoms with Gasteiger partial charge in [-0.25, -0.2) is 19.2 Å². The van der Waals surface area contributed by atoms with E-state index in [1.165, 1.54) is 64.2 Å². The second kappa shape index (κ2) is 21.8. The minimum Gasteiger partial charge on any atom is -0.478 e. The van der Waals surface area contributed by atoms with Crippen LogP contribution in [0.4, 0.5) is 0 Å². The quantitative estimate of drug-likeness (QED) is 0.160. The van der Waals surface area contributed by atoms with Crippen molar-refractivity contribution in [3.63, 3.8) is 0 Å². The highest BCUT2D eigenvalue weighted by Gasteiger charge is 2.04. The number of aliphatic carboxylic acids is 2. The van der Waals surface area contributed by atoms with E-state index in [-0.39, 0.29) is 0 Å². The van der Waals surface area contributed by atoms with Crippen LogP contribution >= 0.6 is 0 Å². The lowest BCUT2D eigenvalue weighted by Crippen LogP contribution is -2.08. The average Bonchev–Trinajstić information content (AvgIpc) is 2.67. The normalized spacial score (nSPS) is 10.6. The topological polar surface area (TPSA) is 138 Å². The number of ether oxygens (including phenoxy) is 1. The van der Waals surface area contributed by atoms with Crippen LogP contribution in [0.5, 0.6) is 0 Å². The summed E-state index contributed by atoms with van der Waals surface area (Å²) in [6.07, 6.45) is 16.8. The molecular formula is C21H34O8. The molecule has 0 radical (unpaired) electrons. The molecule has 0 unspecified atom stereocenters. The third-order valence-corrected chi connectivity index (χ3v) is 3.69. The number of aliphatic hydroxyl groups is 1. The maximum absolute atomic E-state index is 10.6. The fourth-order valence-corrected chi connectivity index (χ4v) is 2.22. The van der Waals surface area contributed by atoms with E-state index in [1.807, 2.05) is 0 Å². The fraction of sp³-hybridized carbons (Fsp3) is 0.619. The molecule has 0 aromatic heterocycles. The van der Waals surface area contributed by atoms with Crippen molar-refractivity contribution in [2.24, 2.45) is 0 Å². The molecule has 0 bridgehead atoms. The van der Waals surface area contributed by atoms with Crippen molar-refractivity contribution in [1.29, 1.82) is 0 Å². The van der Waals surface area contributed by atoms with Gasteiger partial charge >= 0.3 is 23.9 Å². The molecule has 0 aliphatic rings. The van der Waals surface area contributed by atoms with Crippen molar-refractivity contribution < 1.29 is 39.2 Å². The van der Waals surface area contributed by atoms with Crippen molar-refractivity contribution in [2.75, 3.05) is 6.61 Å². The predicted octanol–water partition coefficient (Wildman–Crippen LogP) is 3.63. The van der Waals surface area contributed by atoms with Crippen LogP contribution in [0.3, 0.4) is 0 Å². The minimum absolute atomic E-state index is 0.372. The van der Waals surface area contributed by atoms with Crippen LogP contribution in [0, 0.1) is 0 Å². The molecule has 0 atom stereocenters. The van der Waals surface area contributed by atoms with Gasteiger partial charge in [-0.1, -0.05) is 71.1 Å². The summed E-state index contributed by atoms with van der Waals surface area (Å²) in [5, 5.41) is 24.8. The summed E-state index contributed by atoms with van der Waals surface area (Å²) in [6, 6.07) is 0. The first-order valence-corrected chi connectivity index (χ1v) is 10.0. The molecule has 0 aromatic rings. The number of aliphatic hydroxyl groups excluding tert-OH is 1. The molecule has 0 heterocycles. The Balaban J connectivity index is 0. The summed E-state index contributed by atoms with van der Waals surface area (Å²) in [7, 11) is 0. The zero-order valence-corrected chi connectivity index (χ0v) is 17.2. The third kappa shape index (κ3) is 27.8. The molecule has 0 saturated carbocycles. The number of hydrogen-bond acceptors (Lipinski definition) is 6. The van der Waals surface area contributed by atoms with Gasteiger partial charge in [-0.05, 0) is 6.42 Å². The Hall–Kier alpha value is -2.48. The predicted molar refractivity (Wildman–Crippen MR) is 108 cm³/mol. The van der Waals surface area contributed by atoms with E-state index >= 15 is 0 Å². The number of carbonyl (C=O) groups excluding carboxylic acids is 2. The SMILES string of the molecule is CCCCCCCCCCCCCO.O=C(O)/C=C\C(=O)OC(=O)/C=C\C(=O)O. The van der Waals surface area contributed by atoms with E-state index in [4.69, 9.17) is 15.3 Å². The van der Waals surface area contributed by atoms with E-state index < -0.39 is 23.9 Å². The molecule has 0 aliphatic carbocycles. The highest BCUT2D eigenvalue weighted by Crippen LogP contribution is 2.10. The van der Waals surface area contributed by atoms with Gasteiger partial charge in [-0.15, -0.1) is 0 Å². The van der Waals surface area contributed by atoms with Gasteiger partial charge < -0.3 is 20.1 Å². The highest BCUT2D eigenvalue weighted by molar-refractivity contribution is 6.00. The van der Waals surface area contributed by atoms with Gasteiger partial charge in [0.25, 0.3) is 0 Å². The second-order valence-electron chi connectivity index (χ2n) is 6.34. The van der Waals surface area contributed by atoms with Crippen molar-refractivity contribution in [3.05, 3.63) is 24.3 Å². The van der Waals surface area contributed by atoms with Crippen molar-refractivity contribution in [2.45, 2.75) is 77.6 Å². The average molecular weight is 414 g/mol. The standard InChI is InChI=1S/C13H28O.C8H6O7/c1-2-3-4-5-6-7-8-9-10-11-12-13-14;9-5(10)1-3-7(13)15-8(14)4-2-6(11)12/h14H,2-13H2,1H3;1-4H,(H,9,10)(H,11,12)/b;3-1-,4-2-. The highest BCUT2D eigenvalue weighted by atomic mass is 16.6. The molecule has 0 spiro atoms. The Kier molecular flexibility index (Phi) is 21.6. The van der Waals surface area contributed by atoms with E-state index in [0.717, 1.165) is 6.42 Å². The molecule has 8 heteroatoms. The van der Waals surface area contributed by atoms with Gasteiger partial charge in [0.1, 0.15) is 0 Å². The first-order chi connectivity index (χ1) is 13.8. The number of unbranched alkanes of at least 4 members (excludes halogenated alkanes) is 10. The van der Waals surface area contributed by atoms with Crippen LogP contribution in [0.25, 0.3) is 0 Å². The summed E-state index contributed by atoms with van der Waals surface area (Å²) in [5.74, 6) is -5.14. The lowest BCUT2D eigenvalue weighted by molar-refractivity contribution is -0.153. The molecule has 29 heavy (non-hydrogen) atoms. The summed E-state index contributed by atoms with van der Waals surface area (Å²) in [6.45, 7) is 2.64. The van der Waals surface area contributed by atoms with Crippen LogP contribution in [-0.2, 0) is 23.9 Å². The van der Waals surface area contributed by atoms with E-state index in [0.29, 0.717) is 30.9 Å². The van der Waals surface area contributed by atoms with Gasteiger partial charge in [0.15, 0.2) is 0 Å². The molecule has 166 valence electrons. The summed E-state index contributed by atoms with van der Waals surface area (Å²) in [5.41, 5.74) is 0. The first kappa shape index (κ1) is 28.7. The molecule has 8 nitrogen and oxygen atoms in total. The number of rotatable bonds is 15. The van der Waals surface area contributed by atoms with Crippen LogP contribution in [-0.4, -0.2) is 45.8 Å². The molecule has 0 rings (SSSR count). The molecule has 0 fully saturated rings. The Morgan fingerprint density at radius 1 is 0.621 bits per heavy atom. The molecule has 0 saturated heterocycles. The van der Waals surface area contributed by atoms with Crippen LogP contribution in [0.15, 0.2) is 24.3 Å². The molecule has 0 aliphatic heterocycles. The summed E-state index contributed by atoms with van der Waals surface area (Å²) < 4.78 is 3.97. The summed E-state index contributed by atoms with van der Waals surface area (Å²) in [4.78, 5) is 41.1. The third-order valence-electron chi connectivity index (χ3n) is 3.69. The largest absolute Gasteiger partial charge is 0.478 e. The van der Waals surface area contributed by atoms with E-state index in [2.05, 4.69) is 11.7 Å². The zero-order chi connectivity index (χ0) is 22.3. The van der Waals surface area contributed by atoms with Gasteiger partial charge in [0.05, 0.1) is 0 Å². The molecule has 0 amide bonds. The maximum atomic E-state index is 10.6. The van der Waals surface area contributed by atoms with E-state index in [1.54, 1.807) is 0 Å². The monoisotopic (exact) mass is 414 g/mol. The van der Waals surface area contributed by atoms with Gasteiger partial charge in [-0.2, -0.15) is 0 Å². The van der Waals surface area contributed by atoms with Crippen LogP contribution in [0.1, 0.15) is 77.6 Å². The second-order valence-corrected chi connectivity index (χ2v) is 6.34. The lowest BCUT2D eigenvalue weighted by atomic mass is 10.1. The number of esters is 2. The van der Waals surface area contributed by atoms with Gasteiger partial charge in [-0.3, -0.25) is 0 Å². The fourth-order valence-electron chi connectivity index (χ4n) is 2.22. The smallest absolute Gasteiger partial charge is 0.338 e. The van der Waals surface area contributed by atoms with Crippen molar-refractivity contribution >= 4 is 23.9 Å². The Labute approximate surface area is 172 Å².